The van der Waals surface area contributed by atoms with Crippen molar-refractivity contribution in [3.05, 3.63) is 0 Å². The Labute approximate surface area is 114 Å². The zero-order valence-electron chi connectivity index (χ0n) is 10.9. The van der Waals surface area contributed by atoms with Gasteiger partial charge in [-0.3, -0.25) is 4.90 Å². The third-order valence-electron chi connectivity index (χ3n) is 3.94. The van der Waals surface area contributed by atoms with Crippen LogP contribution in [0.3, 0.4) is 0 Å². The van der Waals surface area contributed by atoms with Crippen LogP contribution in [-0.4, -0.2) is 53.6 Å². The molecule has 1 aliphatic heterocycles. The molecular formula is C12H26IN3. The van der Waals surface area contributed by atoms with Crippen molar-refractivity contribution in [1.29, 1.82) is 0 Å². The number of nitrogens with zero attached hydrogens (tertiary/aromatic N) is 2. The van der Waals surface area contributed by atoms with E-state index < -0.39 is 0 Å². The van der Waals surface area contributed by atoms with E-state index in [4.69, 9.17) is 5.73 Å². The number of halogens is 1. The summed E-state index contributed by atoms with van der Waals surface area (Å²) in [5.74, 6) is 0. The quantitative estimate of drug-likeness (QED) is 0.455. The molecule has 0 saturated carbocycles. The fourth-order valence-corrected chi connectivity index (χ4v) is 3.30. The normalized spacial score (nSPS) is 28.9. The van der Waals surface area contributed by atoms with Crippen molar-refractivity contribution in [3.63, 3.8) is 0 Å². The second-order valence-corrected chi connectivity index (χ2v) is 5.99. The summed E-state index contributed by atoms with van der Waals surface area (Å²) in [6.45, 7) is 9.20. The molecule has 0 spiro atoms. The molecule has 0 aromatic carbocycles. The summed E-state index contributed by atoms with van der Waals surface area (Å²) in [5.41, 5.74) is 6.41. The van der Waals surface area contributed by atoms with E-state index >= 15 is 0 Å². The maximum Gasteiger partial charge on any atom is 0.0540 e. The Bertz CT molecular complexity index is 210. The zero-order valence-corrected chi connectivity index (χ0v) is 13.0. The summed E-state index contributed by atoms with van der Waals surface area (Å²) in [5, 5.41) is 0. The number of hydrogen-bond donors (Lipinski definition) is 1. The van der Waals surface area contributed by atoms with Crippen molar-refractivity contribution in [2.24, 2.45) is 11.1 Å². The third-order valence-corrected chi connectivity index (χ3v) is 5.56. The standard InChI is InChI=1S/C12H26IN3/c1-4-16-8-6-12(9-13,10-16)5-7-15(3)11(2)14/h11H,4-10,14H2,1-3H3. The molecule has 2 N–H and O–H groups in total. The molecule has 4 heteroatoms. The number of alkyl halides is 1. The smallest absolute Gasteiger partial charge is 0.0540 e. The van der Waals surface area contributed by atoms with Gasteiger partial charge in [-0.15, -0.1) is 0 Å². The molecule has 0 aromatic rings. The van der Waals surface area contributed by atoms with Gasteiger partial charge in [0.15, 0.2) is 0 Å². The minimum absolute atomic E-state index is 0.176. The topological polar surface area (TPSA) is 32.5 Å². The molecule has 0 aromatic heterocycles. The van der Waals surface area contributed by atoms with E-state index in [9.17, 15) is 0 Å². The predicted octanol–water partition coefficient (Wildman–Crippen LogP) is 1.76. The van der Waals surface area contributed by atoms with Gasteiger partial charge in [0.2, 0.25) is 0 Å². The van der Waals surface area contributed by atoms with E-state index in [-0.39, 0.29) is 6.17 Å². The van der Waals surface area contributed by atoms with Gasteiger partial charge in [-0.05, 0) is 51.9 Å². The van der Waals surface area contributed by atoms with Crippen LogP contribution in [0.4, 0.5) is 0 Å². The molecule has 1 heterocycles. The van der Waals surface area contributed by atoms with E-state index in [1.54, 1.807) is 0 Å². The van der Waals surface area contributed by atoms with Crippen molar-refractivity contribution >= 4 is 22.6 Å². The van der Waals surface area contributed by atoms with E-state index in [0.29, 0.717) is 5.41 Å². The van der Waals surface area contributed by atoms with E-state index in [2.05, 4.69) is 53.3 Å². The summed E-state index contributed by atoms with van der Waals surface area (Å²) >= 11 is 2.56. The summed E-state index contributed by atoms with van der Waals surface area (Å²) in [6, 6.07) is 0. The summed E-state index contributed by atoms with van der Waals surface area (Å²) in [4.78, 5) is 4.83. The minimum Gasteiger partial charge on any atom is -0.316 e. The molecule has 0 radical (unpaired) electrons. The first-order valence-electron chi connectivity index (χ1n) is 6.27. The predicted molar refractivity (Wildman–Crippen MR) is 78.9 cm³/mol. The van der Waals surface area contributed by atoms with Gasteiger partial charge in [0.1, 0.15) is 0 Å². The van der Waals surface area contributed by atoms with Gasteiger partial charge in [-0.2, -0.15) is 0 Å². The summed E-state index contributed by atoms with van der Waals surface area (Å²) in [6.07, 6.45) is 2.82. The molecule has 16 heavy (non-hydrogen) atoms. The lowest BCUT2D eigenvalue weighted by Gasteiger charge is -2.30. The monoisotopic (exact) mass is 339 g/mol. The first kappa shape index (κ1) is 14.7. The van der Waals surface area contributed by atoms with E-state index in [1.807, 2.05) is 0 Å². The van der Waals surface area contributed by atoms with Crippen LogP contribution in [-0.2, 0) is 0 Å². The van der Waals surface area contributed by atoms with Gasteiger partial charge in [-0.25, -0.2) is 0 Å². The van der Waals surface area contributed by atoms with Gasteiger partial charge < -0.3 is 10.6 Å². The molecule has 96 valence electrons. The summed E-state index contributed by atoms with van der Waals surface area (Å²) < 4.78 is 1.27. The Morgan fingerprint density at radius 2 is 2.25 bits per heavy atom. The van der Waals surface area contributed by atoms with Crippen LogP contribution < -0.4 is 5.73 Å². The molecular weight excluding hydrogens is 313 g/mol. The lowest BCUT2D eigenvalue weighted by atomic mass is 9.86. The highest BCUT2D eigenvalue weighted by atomic mass is 127. The van der Waals surface area contributed by atoms with Crippen LogP contribution in [0.15, 0.2) is 0 Å². The number of hydrogen-bond acceptors (Lipinski definition) is 3. The van der Waals surface area contributed by atoms with Crippen molar-refractivity contribution in [2.45, 2.75) is 32.9 Å². The van der Waals surface area contributed by atoms with Gasteiger partial charge in [-0.1, -0.05) is 29.5 Å². The van der Waals surface area contributed by atoms with Gasteiger partial charge >= 0.3 is 0 Å². The Balaban J connectivity index is 2.43. The molecule has 1 saturated heterocycles. The Hall–Kier alpha value is 0.610. The lowest BCUT2D eigenvalue weighted by molar-refractivity contribution is 0.202. The minimum atomic E-state index is 0.176. The van der Waals surface area contributed by atoms with Gasteiger partial charge in [0.05, 0.1) is 6.17 Å². The molecule has 1 fully saturated rings. The Morgan fingerprint density at radius 3 is 2.69 bits per heavy atom. The second-order valence-electron chi connectivity index (χ2n) is 5.22. The maximum atomic E-state index is 5.87. The fraction of sp³-hybridized carbons (Fsp3) is 1.00. The van der Waals surface area contributed by atoms with Crippen molar-refractivity contribution in [3.8, 4) is 0 Å². The van der Waals surface area contributed by atoms with Crippen molar-refractivity contribution in [2.75, 3.05) is 37.7 Å². The molecule has 2 atom stereocenters. The SMILES string of the molecule is CCN1CCC(CI)(CCN(C)C(C)N)C1. The molecule has 0 bridgehead atoms. The average molecular weight is 339 g/mol. The van der Waals surface area contributed by atoms with Crippen LogP contribution in [0.25, 0.3) is 0 Å². The van der Waals surface area contributed by atoms with Crippen molar-refractivity contribution < 1.29 is 0 Å². The molecule has 2 unspecified atom stereocenters. The maximum absolute atomic E-state index is 5.87. The lowest BCUT2D eigenvalue weighted by Crippen LogP contribution is -2.40. The number of nitrogens with two attached hydrogens (primary N) is 1. The second kappa shape index (κ2) is 6.52. The average Bonchev–Trinajstić information content (AvgIpc) is 2.70. The molecule has 1 aliphatic rings. The molecule has 0 aliphatic carbocycles. The first-order chi connectivity index (χ1) is 7.53. The Morgan fingerprint density at radius 1 is 1.56 bits per heavy atom. The molecule has 1 rings (SSSR count). The van der Waals surface area contributed by atoms with Gasteiger partial charge in [0, 0.05) is 11.0 Å². The van der Waals surface area contributed by atoms with E-state index in [0.717, 1.165) is 6.54 Å². The molecule has 3 nitrogen and oxygen atoms in total. The molecule has 0 amide bonds. The third kappa shape index (κ3) is 3.82. The van der Waals surface area contributed by atoms with Crippen LogP contribution >= 0.6 is 22.6 Å². The highest BCUT2D eigenvalue weighted by molar-refractivity contribution is 14.1. The highest BCUT2D eigenvalue weighted by Gasteiger charge is 2.36. The van der Waals surface area contributed by atoms with Crippen LogP contribution in [0.5, 0.6) is 0 Å². The van der Waals surface area contributed by atoms with Crippen molar-refractivity contribution in [1.82, 2.24) is 9.80 Å². The summed E-state index contributed by atoms with van der Waals surface area (Å²) in [7, 11) is 2.12. The van der Waals surface area contributed by atoms with Gasteiger partial charge in [0.25, 0.3) is 0 Å². The first-order valence-corrected chi connectivity index (χ1v) is 7.80. The van der Waals surface area contributed by atoms with Crippen LogP contribution in [0.1, 0.15) is 26.7 Å². The number of likely N-dealkylation sites (tertiary alicyclic amines) is 1. The number of rotatable bonds is 6. The zero-order chi connectivity index (χ0) is 12.2. The largest absolute Gasteiger partial charge is 0.316 e. The fourth-order valence-electron chi connectivity index (χ4n) is 2.29. The van der Waals surface area contributed by atoms with Crippen LogP contribution in [0.2, 0.25) is 0 Å². The highest BCUT2D eigenvalue weighted by Crippen LogP contribution is 2.36. The van der Waals surface area contributed by atoms with E-state index in [1.165, 1.54) is 36.9 Å². The van der Waals surface area contributed by atoms with Crippen LogP contribution in [0, 0.1) is 5.41 Å². The Kier molecular flexibility index (Phi) is 5.98.